The second-order valence-electron chi connectivity index (χ2n) is 15.6. The molecule has 0 radical (unpaired) electrons. The predicted octanol–water partition coefficient (Wildman–Crippen LogP) is 19.2. The van der Waals surface area contributed by atoms with Crippen molar-refractivity contribution in [2.45, 2.75) is 43.2 Å². The molecule has 0 unspecified atom stereocenters. The molecule has 0 saturated heterocycles. The van der Waals surface area contributed by atoms with Crippen LogP contribution in [-0.4, -0.2) is 0 Å². The molecule has 7 aromatic carbocycles. The minimum atomic E-state index is -5.41. The quantitative estimate of drug-likeness (QED) is 0.133. The van der Waals surface area contributed by atoms with Crippen LogP contribution in [-0.2, 0) is 43.2 Å². The van der Waals surface area contributed by atoms with E-state index < -0.39 is 133 Å². The summed E-state index contributed by atoms with van der Waals surface area (Å²) < 4.78 is 298. The zero-order valence-electron chi connectivity index (χ0n) is 35.8. The predicted molar refractivity (Wildman–Crippen MR) is 226 cm³/mol. The highest BCUT2D eigenvalue weighted by Crippen LogP contribution is 2.53. The zero-order chi connectivity index (χ0) is 53.9. The van der Waals surface area contributed by atoms with Gasteiger partial charge in [-0.1, -0.05) is 0 Å². The summed E-state index contributed by atoms with van der Waals surface area (Å²) in [5.41, 5.74) is -16.1. The van der Waals surface area contributed by atoms with Crippen LogP contribution in [0.1, 0.15) is 38.9 Å². The van der Waals surface area contributed by atoms with E-state index in [0.29, 0.717) is 102 Å². The molecular weight excluding hydrogens is 1030 g/mol. The van der Waals surface area contributed by atoms with Gasteiger partial charge in [-0.3, -0.25) is 0 Å². The molecule has 0 aliphatic heterocycles. The van der Waals surface area contributed by atoms with Crippen molar-refractivity contribution in [3.8, 4) is 0 Å². The monoisotopic (exact) mass is 1060 g/mol. The molecule has 0 spiro atoms. The zero-order valence-corrected chi connectivity index (χ0v) is 35.8. The summed E-state index contributed by atoms with van der Waals surface area (Å²) in [7, 11) is 0. The van der Waals surface area contributed by atoms with Crippen molar-refractivity contribution in [3.05, 3.63) is 197 Å². The molecule has 0 amide bonds. The van der Waals surface area contributed by atoms with Crippen LogP contribution in [0.2, 0.25) is 0 Å². The fourth-order valence-electron chi connectivity index (χ4n) is 7.40. The van der Waals surface area contributed by atoms with Crippen LogP contribution in [0.3, 0.4) is 0 Å². The van der Waals surface area contributed by atoms with Crippen LogP contribution in [0.5, 0.6) is 0 Å². The molecule has 0 fully saturated rings. The average Bonchev–Trinajstić information content (AvgIpc) is 3.29. The summed E-state index contributed by atoms with van der Waals surface area (Å²) in [6, 6.07) is 13.6. The minimum Gasteiger partial charge on any atom is -0.308 e. The highest BCUT2D eigenvalue weighted by atomic mass is 19.4. The maximum atomic E-state index is 14.9. The summed E-state index contributed by atoms with van der Waals surface area (Å²) in [6.07, 6.45) is -36.1. The lowest BCUT2D eigenvalue weighted by molar-refractivity contribution is -0.138. The second-order valence-corrected chi connectivity index (χ2v) is 15.6. The molecule has 0 bridgehead atoms. The van der Waals surface area contributed by atoms with Crippen molar-refractivity contribution < 1.29 is 92.2 Å². The Bertz CT molecular complexity index is 2740. The molecular formula is C49H26F21N3. The lowest BCUT2D eigenvalue weighted by atomic mass is 10.0. The first-order chi connectivity index (χ1) is 33.6. The third-order valence-corrected chi connectivity index (χ3v) is 10.8. The number of hydrogen-bond acceptors (Lipinski definition) is 3. The molecule has 0 aliphatic rings. The average molecular weight is 1060 g/mol. The lowest BCUT2D eigenvalue weighted by Gasteiger charge is -2.37. The van der Waals surface area contributed by atoms with Gasteiger partial charge in [-0.05, 0) is 158 Å². The highest BCUT2D eigenvalue weighted by Gasteiger charge is 2.39. The summed E-state index contributed by atoms with van der Waals surface area (Å²) >= 11 is 0. The van der Waals surface area contributed by atoms with Crippen molar-refractivity contribution >= 4 is 51.2 Å². The van der Waals surface area contributed by atoms with Crippen LogP contribution in [0.4, 0.5) is 143 Å². The number of hydrogen-bond donors (Lipinski definition) is 0. The van der Waals surface area contributed by atoms with Crippen molar-refractivity contribution in [2.75, 3.05) is 14.7 Å². The van der Waals surface area contributed by atoms with Gasteiger partial charge in [0.05, 0.1) is 61.7 Å². The number of halogens is 21. The van der Waals surface area contributed by atoms with Crippen LogP contribution in [0.25, 0.3) is 0 Å². The smallest absolute Gasteiger partial charge is 0.308 e. The van der Waals surface area contributed by atoms with E-state index in [-0.39, 0.29) is 12.1 Å². The number of alkyl halides is 21. The molecule has 7 rings (SSSR count). The fourth-order valence-corrected chi connectivity index (χ4v) is 7.40. The largest absolute Gasteiger partial charge is 0.416 e. The van der Waals surface area contributed by atoms with E-state index in [4.69, 9.17) is 0 Å². The first kappa shape index (κ1) is 53.3. The van der Waals surface area contributed by atoms with E-state index in [9.17, 15) is 92.2 Å². The lowest BCUT2D eigenvalue weighted by Crippen LogP contribution is -2.22. The molecule has 0 aromatic heterocycles. The Balaban J connectivity index is 1.65. The van der Waals surface area contributed by atoms with E-state index in [2.05, 4.69) is 0 Å². The van der Waals surface area contributed by atoms with Crippen molar-refractivity contribution in [1.29, 1.82) is 0 Å². The summed E-state index contributed by atoms with van der Waals surface area (Å²) in [6.45, 7) is 0. The standard InChI is InChI=1S/C49H26F21N3/c50-43(51,52)27-1-13-34(14-2-27)71(35-15-3-28(4-16-35)44(53,54)55)39-23-11-32(48(65,66)67)25-41(39)73(38-21-9-31(10-22-38)47(62,63)64)42-26-33(49(68,69)70)12-24-40(42)72(36-17-5-29(6-18-36)45(56,57)58)37-19-7-30(8-20-37)46(59,60)61/h1-26H. The number of nitrogens with zero attached hydrogens (tertiary/aromatic N) is 3. The molecule has 3 nitrogen and oxygen atoms in total. The van der Waals surface area contributed by atoms with E-state index in [1.165, 1.54) is 0 Å². The van der Waals surface area contributed by atoms with E-state index in [1.807, 2.05) is 0 Å². The highest BCUT2D eigenvalue weighted by molar-refractivity contribution is 5.97. The molecule has 0 aliphatic carbocycles. The van der Waals surface area contributed by atoms with Crippen molar-refractivity contribution in [1.82, 2.24) is 0 Å². The Morgan fingerprint density at radius 2 is 0.342 bits per heavy atom. The second kappa shape index (κ2) is 18.8. The summed E-state index contributed by atoms with van der Waals surface area (Å²) in [5, 5.41) is 0. The topological polar surface area (TPSA) is 9.72 Å². The van der Waals surface area contributed by atoms with Gasteiger partial charge in [-0.25, -0.2) is 0 Å². The number of anilines is 9. The Labute approximate surface area is 397 Å². The van der Waals surface area contributed by atoms with Gasteiger partial charge in [0, 0.05) is 28.4 Å². The van der Waals surface area contributed by atoms with Gasteiger partial charge in [0.25, 0.3) is 0 Å². The van der Waals surface area contributed by atoms with Gasteiger partial charge in [0.2, 0.25) is 0 Å². The maximum Gasteiger partial charge on any atom is 0.416 e. The molecule has 0 atom stereocenters. The van der Waals surface area contributed by atoms with Crippen LogP contribution >= 0.6 is 0 Å². The Hall–Kier alpha value is -7.53. The molecule has 0 heterocycles. The molecule has 0 saturated carbocycles. The van der Waals surface area contributed by atoms with Gasteiger partial charge >= 0.3 is 43.2 Å². The summed E-state index contributed by atoms with van der Waals surface area (Å²) in [5.74, 6) is 0. The minimum absolute atomic E-state index is 0.235. The van der Waals surface area contributed by atoms with E-state index >= 15 is 0 Å². The number of rotatable bonds is 9. The molecule has 384 valence electrons. The van der Waals surface area contributed by atoms with Gasteiger partial charge < -0.3 is 14.7 Å². The summed E-state index contributed by atoms with van der Waals surface area (Å²) in [4.78, 5) is 2.02. The van der Waals surface area contributed by atoms with E-state index in [1.54, 1.807) is 0 Å². The van der Waals surface area contributed by atoms with E-state index in [0.717, 1.165) is 58.3 Å². The van der Waals surface area contributed by atoms with Gasteiger partial charge in [0.15, 0.2) is 0 Å². The first-order valence-corrected chi connectivity index (χ1v) is 20.3. The Morgan fingerprint density at radius 3 is 0.521 bits per heavy atom. The van der Waals surface area contributed by atoms with Crippen molar-refractivity contribution in [3.63, 3.8) is 0 Å². The van der Waals surface area contributed by atoms with Crippen LogP contribution < -0.4 is 14.7 Å². The Kier molecular flexibility index (Phi) is 13.7. The van der Waals surface area contributed by atoms with Gasteiger partial charge in [-0.2, -0.15) is 92.2 Å². The normalized spacial score (nSPS) is 13.0. The molecule has 0 N–H and O–H groups in total. The molecule has 24 heteroatoms. The van der Waals surface area contributed by atoms with Crippen LogP contribution in [0.15, 0.2) is 158 Å². The van der Waals surface area contributed by atoms with Crippen molar-refractivity contribution in [2.24, 2.45) is 0 Å². The SMILES string of the molecule is FC(F)(F)c1ccc(N(c2ccc(C(F)(F)F)cc2)c2ccc(C(F)(F)F)cc2N(c2ccc(C(F)(F)F)cc2)c2cc(C(F)(F)F)ccc2N(c2ccc(C(F)(F)F)cc2)c2ccc(C(F)(F)F)cc2)cc1. The number of benzene rings is 7. The van der Waals surface area contributed by atoms with Crippen LogP contribution in [0, 0.1) is 0 Å². The third-order valence-electron chi connectivity index (χ3n) is 10.8. The Morgan fingerprint density at radius 1 is 0.178 bits per heavy atom. The maximum absolute atomic E-state index is 14.9. The molecule has 7 aromatic rings. The fraction of sp³-hybridized carbons (Fsp3) is 0.143. The third kappa shape index (κ3) is 11.7. The van der Waals surface area contributed by atoms with Gasteiger partial charge in [0.1, 0.15) is 0 Å². The van der Waals surface area contributed by atoms with Gasteiger partial charge in [-0.15, -0.1) is 0 Å². The first-order valence-electron chi connectivity index (χ1n) is 20.3. The molecule has 73 heavy (non-hydrogen) atoms.